The molecule has 2 N–H and O–H groups in total. The van der Waals surface area contributed by atoms with Crippen molar-refractivity contribution in [3.8, 4) is 0 Å². The van der Waals surface area contributed by atoms with Crippen LogP contribution in [-0.2, 0) is 16.6 Å². The summed E-state index contributed by atoms with van der Waals surface area (Å²) >= 11 is 0. The molecule has 2 rings (SSSR count). The van der Waals surface area contributed by atoms with E-state index in [1.807, 2.05) is 55.5 Å². The van der Waals surface area contributed by atoms with Gasteiger partial charge >= 0.3 is 0 Å². The van der Waals surface area contributed by atoms with Gasteiger partial charge in [-0.25, -0.2) is 0 Å². The van der Waals surface area contributed by atoms with Crippen molar-refractivity contribution < 1.29 is 4.79 Å². The number of carbonyl (C=O) groups excluding carboxylic acids is 1. The monoisotopic (exact) mass is 267 g/mol. The van der Waals surface area contributed by atoms with Crippen LogP contribution in [0.15, 0.2) is 60.7 Å². The molecule has 104 valence electrons. The number of carbonyl (C=O) groups is 1. The van der Waals surface area contributed by atoms with Crippen LogP contribution in [0.25, 0.3) is 0 Å². The molecule has 2 heteroatoms. The Kier molecular flexibility index (Phi) is 4.57. The van der Waals surface area contributed by atoms with Crippen molar-refractivity contribution in [1.29, 1.82) is 0 Å². The van der Waals surface area contributed by atoms with Crippen LogP contribution in [0.4, 0.5) is 0 Å². The molecule has 0 fully saturated rings. The number of hydrogen-bond donors (Lipinski definition) is 1. The molecule has 0 bridgehead atoms. The van der Waals surface area contributed by atoms with Crippen LogP contribution in [0, 0.1) is 0 Å². The zero-order valence-electron chi connectivity index (χ0n) is 11.9. The molecule has 0 aromatic heterocycles. The van der Waals surface area contributed by atoms with E-state index in [9.17, 15) is 4.79 Å². The molecule has 0 saturated heterocycles. The van der Waals surface area contributed by atoms with E-state index in [2.05, 4.69) is 12.1 Å². The summed E-state index contributed by atoms with van der Waals surface area (Å²) < 4.78 is 0. The highest BCUT2D eigenvalue weighted by atomic mass is 16.1. The van der Waals surface area contributed by atoms with Gasteiger partial charge in [-0.1, -0.05) is 60.7 Å². The van der Waals surface area contributed by atoms with Crippen molar-refractivity contribution in [2.45, 2.75) is 31.6 Å². The lowest BCUT2D eigenvalue weighted by atomic mass is 9.77. The van der Waals surface area contributed by atoms with E-state index in [0.29, 0.717) is 0 Å². The van der Waals surface area contributed by atoms with E-state index in [-0.39, 0.29) is 5.91 Å². The largest absolute Gasteiger partial charge is 0.369 e. The lowest BCUT2D eigenvalue weighted by molar-refractivity contribution is -0.123. The molecule has 2 aromatic rings. The van der Waals surface area contributed by atoms with Gasteiger partial charge in [-0.15, -0.1) is 0 Å². The standard InChI is InChI=1S/C18H21NO/c1-18(17(19)20,16-12-6-3-7-13-16)14-8-11-15-9-4-2-5-10-15/h2-7,9-10,12-13H,8,11,14H2,1H3,(H2,19,20). The fourth-order valence-corrected chi connectivity index (χ4v) is 2.51. The molecule has 0 aliphatic carbocycles. The molecule has 1 amide bonds. The number of hydrogen-bond acceptors (Lipinski definition) is 1. The van der Waals surface area contributed by atoms with Crippen LogP contribution in [0.5, 0.6) is 0 Å². The van der Waals surface area contributed by atoms with Gasteiger partial charge in [0.05, 0.1) is 5.41 Å². The highest BCUT2D eigenvalue weighted by molar-refractivity contribution is 5.86. The molecule has 0 spiro atoms. The summed E-state index contributed by atoms with van der Waals surface area (Å²) in [6.45, 7) is 1.94. The predicted molar refractivity (Wildman–Crippen MR) is 82.4 cm³/mol. The van der Waals surface area contributed by atoms with Crippen molar-refractivity contribution in [1.82, 2.24) is 0 Å². The highest BCUT2D eigenvalue weighted by Crippen LogP contribution is 2.29. The first-order chi connectivity index (χ1) is 9.63. The SMILES string of the molecule is CC(CCCc1ccccc1)(C(N)=O)c1ccccc1. The number of rotatable bonds is 6. The zero-order chi connectivity index (χ0) is 14.4. The Morgan fingerprint density at radius 3 is 2.10 bits per heavy atom. The second-order valence-electron chi connectivity index (χ2n) is 5.40. The lowest BCUT2D eigenvalue weighted by Gasteiger charge is -2.26. The third-order valence-electron chi connectivity index (χ3n) is 3.94. The summed E-state index contributed by atoms with van der Waals surface area (Å²) in [7, 11) is 0. The van der Waals surface area contributed by atoms with Gasteiger partial charge in [0.1, 0.15) is 0 Å². The number of amides is 1. The minimum absolute atomic E-state index is 0.253. The van der Waals surface area contributed by atoms with E-state index in [1.165, 1.54) is 5.56 Å². The van der Waals surface area contributed by atoms with E-state index >= 15 is 0 Å². The molecule has 0 aliphatic heterocycles. The second-order valence-corrected chi connectivity index (χ2v) is 5.40. The maximum absolute atomic E-state index is 11.9. The summed E-state index contributed by atoms with van der Waals surface area (Å²) in [4.78, 5) is 11.9. The van der Waals surface area contributed by atoms with Crippen LogP contribution in [0.3, 0.4) is 0 Å². The van der Waals surface area contributed by atoms with Crippen molar-refractivity contribution in [3.05, 3.63) is 71.8 Å². The number of primary amides is 1. The van der Waals surface area contributed by atoms with Crippen molar-refractivity contribution in [3.63, 3.8) is 0 Å². The zero-order valence-corrected chi connectivity index (χ0v) is 11.9. The van der Waals surface area contributed by atoms with E-state index in [1.54, 1.807) is 0 Å². The van der Waals surface area contributed by atoms with E-state index < -0.39 is 5.41 Å². The van der Waals surface area contributed by atoms with Crippen molar-refractivity contribution in [2.75, 3.05) is 0 Å². The van der Waals surface area contributed by atoms with Gasteiger partial charge in [0.15, 0.2) is 0 Å². The molecule has 0 saturated carbocycles. The van der Waals surface area contributed by atoms with Gasteiger partial charge in [-0.05, 0) is 37.3 Å². The molecule has 1 unspecified atom stereocenters. The van der Waals surface area contributed by atoms with Crippen molar-refractivity contribution >= 4 is 5.91 Å². The fourth-order valence-electron chi connectivity index (χ4n) is 2.51. The second kappa shape index (κ2) is 6.38. The number of aryl methyl sites for hydroxylation is 1. The minimum Gasteiger partial charge on any atom is -0.369 e. The Morgan fingerprint density at radius 1 is 1.00 bits per heavy atom. The predicted octanol–water partition coefficient (Wildman–Crippen LogP) is 3.45. The Balaban J connectivity index is 2.05. The fraction of sp³-hybridized carbons (Fsp3) is 0.278. The Bertz CT molecular complexity index is 550. The molecule has 0 heterocycles. The van der Waals surface area contributed by atoms with Crippen LogP contribution in [-0.4, -0.2) is 5.91 Å². The van der Waals surface area contributed by atoms with Crippen LogP contribution in [0.2, 0.25) is 0 Å². The third kappa shape index (κ3) is 3.27. The summed E-state index contributed by atoms with van der Waals surface area (Å²) in [5, 5.41) is 0. The molecule has 2 aromatic carbocycles. The van der Waals surface area contributed by atoms with Gasteiger partial charge in [0.25, 0.3) is 0 Å². The Morgan fingerprint density at radius 2 is 1.55 bits per heavy atom. The van der Waals surface area contributed by atoms with E-state index in [0.717, 1.165) is 24.8 Å². The molecule has 0 radical (unpaired) electrons. The maximum atomic E-state index is 11.9. The molecule has 1 atom stereocenters. The van der Waals surface area contributed by atoms with Crippen LogP contribution < -0.4 is 5.73 Å². The lowest BCUT2D eigenvalue weighted by Crippen LogP contribution is -2.38. The van der Waals surface area contributed by atoms with E-state index in [4.69, 9.17) is 5.73 Å². The molecular formula is C18H21NO. The topological polar surface area (TPSA) is 43.1 Å². The summed E-state index contributed by atoms with van der Waals surface area (Å²) in [5.41, 5.74) is 7.36. The number of benzene rings is 2. The number of nitrogens with two attached hydrogens (primary N) is 1. The normalized spacial score (nSPS) is 13.7. The minimum atomic E-state index is -0.587. The summed E-state index contributed by atoms with van der Waals surface area (Å²) in [6, 6.07) is 20.1. The van der Waals surface area contributed by atoms with Gasteiger partial charge in [-0.3, -0.25) is 4.79 Å². The average Bonchev–Trinajstić information content (AvgIpc) is 2.49. The molecule has 20 heavy (non-hydrogen) atoms. The third-order valence-corrected chi connectivity index (χ3v) is 3.94. The van der Waals surface area contributed by atoms with Crippen molar-refractivity contribution in [2.24, 2.45) is 5.73 Å². The summed E-state index contributed by atoms with van der Waals surface area (Å²) in [5.74, 6) is -0.253. The first-order valence-electron chi connectivity index (χ1n) is 7.02. The quantitative estimate of drug-likeness (QED) is 0.855. The Hall–Kier alpha value is -2.09. The Labute approximate surface area is 120 Å². The summed E-state index contributed by atoms with van der Waals surface area (Å²) in [6.07, 6.45) is 2.68. The van der Waals surface area contributed by atoms with Gasteiger partial charge in [0.2, 0.25) is 5.91 Å². The highest BCUT2D eigenvalue weighted by Gasteiger charge is 2.32. The first kappa shape index (κ1) is 14.3. The molecule has 0 aliphatic rings. The maximum Gasteiger partial charge on any atom is 0.227 e. The molecular weight excluding hydrogens is 246 g/mol. The smallest absolute Gasteiger partial charge is 0.227 e. The van der Waals surface area contributed by atoms with Gasteiger partial charge in [-0.2, -0.15) is 0 Å². The molecule has 2 nitrogen and oxygen atoms in total. The van der Waals surface area contributed by atoms with Crippen LogP contribution >= 0.6 is 0 Å². The average molecular weight is 267 g/mol. The first-order valence-corrected chi connectivity index (χ1v) is 7.02. The van der Waals surface area contributed by atoms with Crippen LogP contribution in [0.1, 0.15) is 30.9 Å². The van der Waals surface area contributed by atoms with Gasteiger partial charge in [0, 0.05) is 0 Å². The van der Waals surface area contributed by atoms with Gasteiger partial charge < -0.3 is 5.73 Å².